The van der Waals surface area contributed by atoms with Crippen molar-refractivity contribution >= 4 is 11.8 Å². The summed E-state index contributed by atoms with van der Waals surface area (Å²) in [7, 11) is 0. The second-order valence-electron chi connectivity index (χ2n) is 6.93. The van der Waals surface area contributed by atoms with Crippen LogP contribution in [0.4, 0.5) is 11.8 Å². The lowest BCUT2D eigenvalue weighted by Crippen LogP contribution is -2.28. The monoisotopic (exact) mass is 326 g/mol. The van der Waals surface area contributed by atoms with Crippen LogP contribution in [0, 0.1) is 20.8 Å². The molecule has 0 unspecified atom stereocenters. The highest BCUT2D eigenvalue weighted by Gasteiger charge is 2.27. The van der Waals surface area contributed by atoms with Crippen LogP contribution >= 0.6 is 0 Å². The summed E-state index contributed by atoms with van der Waals surface area (Å²) in [5, 5.41) is 3.24. The summed E-state index contributed by atoms with van der Waals surface area (Å²) >= 11 is 0. The van der Waals surface area contributed by atoms with E-state index in [9.17, 15) is 0 Å². The van der Waals surface area contributed by atoms with E-state index in [1.54, 1.807) is 0 Å². The quantitative estimate of drug-likeness (QED) is 0.931. The number of anilines is 2. The van der Waals surface area contributed by atoms with Gasteiger partial charge in [0.05, 0.1) is 0 Å². The molecule has 1 aliphatic rings. The van der Waals surface area contributed by atoms with Crippen LogP contribution in [0.15, 0.2) is 12.1 Å². The third-order valence-corrected chi connectivity index (χ3v) is 4.41. The first-order valence-electron chi connectivity index (χ1n) is 8.59. The molecule has 1 N–H and O–H groups in total. The normalized spacial score (nSPS) is 18.3. The third-order valence-electron chi connectivity index (χ3n) is 4.41. The summed E-state index contributed by atoms with van der Waals surface area (Å²) in [6.07, 6.45) is 1.11. The van der Waals surface area contributed by atoms with Gasteiger partial charge in [-0.2, -0.15) is 0 Å². The summed E-state index contributed by atoms with van der Waals surface area (Å²) < 4.78 is 0. The van der Waals surface area contributed by atoms with Crippen LogP contribution in [0.25, 0.3) is 0 Å². The zero-order valence-corrected chi connectivity index (χ0v) is 15.2. The maximum atomic E-state index is 4.74. The highest BCUT2D eigenvalue weighted by atomic mass is 15.2. The fraction of sp³-hybridized carbons (Fsp3) is 0.556. The number of nitrogens with zero attached hydrogens (tertiary/aromatic N) is 5. The standard InChI is InChI=1S/C18H26N6/c1-11(2)24-7-6-15(10-24)17-19-14(5)9-16(22-17)23-18-20-12(3)8-13(4)21-18/h8-9,11,15H,6-7,10H2,1-5H3,(H,19,20,21,22,23)/t15-/m1/s1. The molecule has 6 nitrogen and oxygen atoms in total. The van der Waals surface area contributed by atoms with Crippen LogP contribution in [0.2, 0.25) is 0 Å². The predicted molar refractivity (Wildman–Crippen MR) is 95.6 cm³/mol. The first-order valence-corrected chi connectivity index (χ1v) is 8.59. The third kappa shape index (κ3) is 3.87. The van der Waals surface area contributed by atoms with E-state index in [4.69, 9.17) is 4.98 Å². The maximum absolute atomic E-state index is 4.74. The topological polar surface area (TPSA) is 66.8 Å². The van der Waals surface area contributed by atoms with Crippen LogP contribution in [0.1, 0.15) is 49.1 Å². The molecule has 0 radical (unpaired) electrons. The van der Waals surface area contributed by atoms with Gasteiger partial charge >= 0.3 is 0 Å². The van der Waals surface area contributed by atoms with Crippen molar-refractivity contribution in [1.29, 1.82) is 0 Å². The lowest BCUT2D eigenvalue weighted by Gasteiger charge is -2.20. The highest BCUT2D eigenvalue weighted by molar-refractivity contribution is 5.48. The molecule has 1 aliphatic heterocycles. The Bertz CT molecular complexity index is 707. The van der Waals surface area contributed by atoms with Gasteiger partial charge in [-0.3, -0.25) is 0 Å². The van der Waals surface area contributed by atoms with E-state index >= 15 is 0 Å². The van der Waals surface area contributed by atoms with Crippen molar-refractivity contribution in [2.45, 2.75) is 53.0 Å². The Hall–Kier alpha value is -2.08. The zero-order valence-electron chi connectivity index (χ0n) is 15.2. The van der Waals surface area contributed by atoms with E-state index in [-0.39, 0.29) is 0 Å². The Morgan fingerprint density at radius 2 is 1.67 bits per heavy atom. The SMILES string of the molecule is Cc1cc(C)nc(Nc2cc(C)nc([C@@H]3CCN(C(C)C)C3)n2)n1. The Morgan fingerprint density at radius 3 is 2.29 bits per heavy atom. The van der Waals surface area contributed by atoms with Gasteiger partial charge in [-0.1, -0.05) is 0 Å². The van der Waals surface area contributed by atoms with Gasteiger partial charge in [0.1, 0.15) is 11.6 Å². The van der Waals surface area contributed by atoms with Gasteiger partial charge in [0.15, 0.2) is 0 Å². The number of nitrogens with one attached hydrogen (secondary N) is 1. The average molecular weight is 326 g/mol. The molecule has 1 saturated heterocycles. The Kier molecular flexibility index (Phi) is 4.76. The number of aromatic nitrogens is 4. The smallest absolute Gasteiger partial charge is 0.228 e. The zero-order chi connectivity index (χ0) is 17.3. The van der Waals surface area contributed by atoms with E-state index < -0.39 is 0 Å². The van der Waals surface area contributed by atoms with Crippen molar-refractivity contribution in [2.75, 3.05) is 18.4 Å². The van der Waals surface area contributed by atoms with Gasteiger partial charge in [0, 0.05) is 41.7 Å². The predicted octanol–water partition coefficient (Wildman–Crippen LogP) is 3.13. The van der Waals surface area contributed by atoms with E-state index in [1.807, 2.05) is 32.9 Å². The van der Waals surface area contributed by atoms with Crippen LogP contribution in [-0.2, 0) is 0 Å². The van der Waals surface area contributed by atoms with Crippen LogP contribution in [0.3, 0.4) is 0 Å². The Balaban J connectivity index is 1.81. The summed E-state index contributed by atoms with van der Waals surface area (Å²) in [6, 6.07) is 4.47. The minimum atomic E-state index is 0.396. The number of likely N-dealkylation sites (tertiary alicyclic amines) is 1. The van der Waals surface area contributed by atoms with Crippen LogP contribution < -0.4 is 5.32 Å². The molecule has 1 fully saturated rings. The average Bonchev–Trinajstić information content (AvgIpc) is 2.95. The number of aryl methyl sites for hydroxylation is 3. The van der Waals surface area contributed by atoms with E-state index in [0.29, 0.717) is 17.9 Å². The van der Waals surface area contributed by atoms with Crippen molar-refractivity contribution in [2.24, 2.45) is 0 Å². The molecule has 0 aromatic carbocycles. The lowest BCUT2D eigenvalue weighted by molar-refractivity contribution is 0.272. The molecule has 0 aliphatic carbocycles. The lowest BCUT2D eigenvalue weighted by atomic mass is 10.1. The first kappa shape index (κ1) is 16.8. The largest absolute Gasteiger partial charge is 0.309 e. The van der Waals surface area contributed by atoms with Gasteiger partial charge in [0.25, 0.3) is 0 Å². The van der Waals surface area contributed by atoms with Crippen molar-refractivity contribution < 1.29 is 0 Å². The molecule has 2 aromatic heterocycles. The summed E-state index contributed by atoms with van der Waals surface area (Å²) in [5.74, 6) is 2.68. The van der Waals surface area contributed by atoms with E-state index in [1.165, 1.54) is 0 Å². The molecule has 2 aromatic rings. The second kappa shape index (κ2) is 6.81. The first-order chi connectivity index (χ1) is 11.4. The van der Waals surface area contributed by atoms with Crippen molar-refractivity contribution in [1.82, 2.24) is 24.8 Å². The molecule has 0 saturated carbocycles. The van der Waals surface area contributed by atoms with Crippen LogP contribution in [-0.4, -0.2) is 44.0 Å². The van der Waals surface area contributed by atoms with E-state index in [0.717, 1.165) is 48.2 Å². The number of rotatable bonds is 4. The molecule has 0 amide bonds. The fourth-order valence-corrected chi connectivity index (χ4v) is 3.20. The van der Waals surface area contributed by atoms with Crippen molar-refractivity contribution in [3.63, 3.8) is 0 Å². The van der Waals surface area contributed by atoms with Gasteiger partial charge in [-0.15, -0.1) is 0 Å². The molecular formula is C18H26N6. The molecule has 24 heavy (non-hydrogen) atoms. The molecule has 0 bridgehead atoms. The Labute approximate surface area is 143 Å². The van der Waals surface area contributed by atoms with Gasteiger partial charge in [0.2, 0.25) is 5.95 Å². The summed E-state index contributed by atoms with van der Waals surface area (Å²) in [5.41, 5.74) is 2.86. The highest BCUT2D eigenvalue weighted by Crippen LogP contribution is 2.27. The minimum Gasteiger partial charge on any atom is -0.309 e. The van der Waals surface area contributed by atoms with Crippen molar-refractivity contribution in [3.8, 4) is 0 Å². The molecule has 3 rings (SSSR count). The summed E-state index contributed by atoms with van der Waals surface area (Å²) in [4.78, 5) is 20.7. The second-order valence-corrected chi connectivity index (χ2v) is 6.93. The minimum absolute atomic E-state index is 0.396. The van der Waals surface area contributed by atoms with Crippen molar-refractivity contribution in [3.05, 3.63) is 35.0 Å². The maximum Gasteiger partial charge on any atom is 0.228 e. The van der Waals surface area contributed by atoms with Crippen LogP contribution in [0.5, 0.6) is 0 Å². The van der Waals surface area contributed by atoms with E-state index in [2.05, 4.69) is 39.0 Å². The molecule has 3 heterocycles. The molecule has 128 valence electrons. The molecular weight excluding hydrogens is 300 g/mol. The fourth-order valence-electron chi connectivity index (χ4n) is 3.20. The number of hydrogen-bond acceptors (Lipinski definition) is 6. The van der Waals surface area contributed by atoms with Gasteiger partial charge in [-0.25, -0.2) is 19.9 Å². The number of hydrogen-bond donors (Lipinski definition) is 1. The molecule has 0 spiro atoms. The molecule has 6 heteroatoms. The molecule has 1 atom stereocenters. The Morgan fingerprint density at radius 1 is 1.00 bits per heavy atom. The van der Waals surface area contributed by atoms with Gasteiger partial charge < -0.3 is 10.2 Å². The summed E-state index contributed by atoms with van der Waals surface area (Å²) in [6.45, 7) is 12.6. The van der Waals surface area contributed by atoms with Gasteiger partial charge in [-0.05, 0) is 53.7 Å².